The Kier molecular flexibility index (Phi) is 4.76. The quantitative estimate of drug-likeness (QED) is 0.465. The summed E-state index contributed by atoms with van der Waals surface area (Å²) in [5.41, 5.74) is 1.51. The van der Waals surface area contributed by atoms with Crippen molar-refractivity contribution in [2.24, 2.45) is 0 Å². The summed E-state index contributed by atoms with van der Waals surface area (Å²) in [6.45, 7) is 5.52. The van der Waals surface area contributed by atoms with Crippen LogP contribution in [0.4, 0.5) is 0 Å². The van der Waals surface area contributed by atoms with E-state index in [1.165, 1.54) is 6.08 Å². The highest BCUT2D eigenvalue weighted by molar-refractivity contribution is 6.17. The van der Waals surface area contributed by atoms with Crippen LogP contribution in [0.15, 0.2) is 30.3 Å². The summed E-state index contributed by atoms with van der Waals surface area (Å²) in [5.74, 6) is 0.127. The van der Waals surface area contributed by atoms with E-state index in [1.807, 2.05) is 45.0 Å². The zero-order valence-corrected chi connectivity index (χ0v) is 11.1. The number of carbonyl (C=O) groups excluding carboxylic acids is 1. The molecule has 92 valence electrons. The first-order valence-electron chi connectivity index (χ1n) is 5.47. The molecule has 0 aromatic heterocycles. The largest absolute Gasteiger partial charge is 0.457 e. The lowest BCUT2D eigenvalue weighted by molar-refractivity contribution is -0.148. The lowest BCUT2D eigenvalue weighted by Crippen LogP contribution is -2.22. The Morgan fingerprint density at radius 1 is 1.41 bits per heavy atom. The Morgan fingerprint density at radius 2 is 2.12 bits per heavy atom. The van der Waals surface area contributed by atoms with Gasteiger partial charge in [-0.3, -0.25) is 0 Å². The fourth-order valence-electron chi connectivity index (χ4n) is 1.28. The fraction of sp³-hybridized carbons (Fsp3) is 0.357. The molecule has 0 aliphatic rings. The van der Waals surface area contributed by atoms with Gasteiger partial charge in [0.2, 0.25) is 0 Å². The first-order chi connectivity index (χ1) is 7.90. The van der Waals surface area contributed by atoms with Crippen molar-refractivity contribution in [3.05, 3.63) is 41.5 Å². The van der Waals surface area contributed by atoms with E-state index >= 15 is 0 Å². The summed E-state index contributed by atoms with van der Waals surface area (Å²) in [6.07, 6.45) is 3.16. The van der Waals surface area contributed by atoms with Gasteiger partial charge < -0.3 is 4.74 Å². The van der Waals surface area contributed by atoms with Gasteiger partial charge in [-0.05, 0) is 38.0 Å². The molecule has 0 saturated heterocycles. The standard InChI is InChI=1S/C14H17ClO2/c1-14(2,3)17-13(16)8-7-11-5-4-6-12(9-11)10-15/h4-9H,10H2,1-3H3. The predicted octanol–water partition coefficient (Wildman–Crippen LogP) is 3.78. The van der Waals surface area contributed by atoms with Gasteiger partial charge in [0.25, 0.3) is 0 Å². The lowest BCUT2D eigenvalue weighted by atomic mass is 10.1. The Balaban J connectivity index is 2.67. The number of benzene rings is 1. The molecule has 0 N–H and O–H groups in total. The van der Waals surface area contributed by atoms with E-state index in [0.29, 0.717) is 5.88 Å². The SMILES string of the molecule is CC(C)(C)OC(=O)C=Cc1cccc(CCl)c1. The van der Waals surface area contributed by atoms with E-state index in [9.17, 15) is 4.79 Å². The van der Waals surface area contributed by atoms with Crippen molar-refractivity contribution in [1.82, 2.24) is 0 Å². The maximum Gasteiger partial charge on any atom is 0.331 e. The fourth-order valence-corrected chi connectivity index (χ4v) is 1.45. The number of carbonyl (C=O) groups is 1. The molecule has 0 aliphatic heterocycles. The van der Waals surface area contributed by atoms with Crippen molar-refractivity contribution < 1.29 is 9.53 Å². The van der Waals surface area contributed by atoms with Crippen LogP contribution in [0.2, 0.25) is 0 Å². The molecule has 0 amide bonds. The van der Waals surface area contributed by atoms with Crippen LogP contribution in [0.3, 0.4) is 0 Å². The Labute approximate surface area is 107 Å². The summed E-state index contributed by atoms with van der Waals surface area (Å²) in [4.78, 5) is 11.5. The van der Waals surface area contributed by atoms with E-state index in [0.717, 1.165) is 11.1 Å². The molecule has 2 nitrogen and oxygen atoms in total. The van der Waals surface area contributed by atoms with E-state index in [2.05, 4.69) is 0 Å². The second kappa shape index (κ2) is 5.87. The third kappa shape index (κ3) is 5.55. The minimum atomic E-state index is -0.459. The number of rotatable bonds is 3. The van der Waals surface area contributed by atoms with Gasteiger partial charge in [-0.25, -0.2) is 4.79 Å². The molecule has 0 saturated carbocycles. The molecule has 0 atom stereocenters. The highest BCUT2D eigenvalue weighted by Gasteiger charge is 2.13. The molecule has 3 heteroatoms. The average molecular weight is 253 g/mol. The van der Waals surface area contributed by atoms with Gasteiger partial charge >= 0.3 is 5.97 Å². The van der Waals surface area contributed by atoms with Gasteiger partial charge in [-0.1, -0.05) is 24.3 Å². The van der Waals surface area contributed by atoms with E-state index in [-0.39, 0.29) is 5.97 Å². The van der Waals surface area contributed by atoms with E-state index < -0.39 is 5.60 Å². The summed E-state index contributed by atoms with van der Waals surface area (Å²) in [7, 11) is 0. The molecule has 0 spiro atoms. The first-order valence-corrected chi connectivity index (χ1v) is 6.00. The van der Waals surface area contributed by atoms with E-state index in [4.69, 9.17) is 16.3 Å². The topological polar surface area (TPSA) is 26.3 Å². The molecule has 0 fully saturated rings. The van der Waals surface area contributed by atoms with Crippen LogP contribution in [-0.4, -0.2) is 11.6 Å². The molecule has 0 aliphatic carbocycles. The summed E-state index contributed by atoms with van der Waals surface area (Å²) < 4.78 is 5.16. The summed E-state index contributed by atoms with van der Waals surface area (Å²) in [5, 5.41) is 0. The number of hydrogen-bond acceptors (Lipinski definition) is 2. The molecule has 0 radical (unpaired) electrons. The van der Waals surface area contributed by atoms with Gasteiger partial charge in [0.05, 0.1) is 0 Å². The summed E-state index contributed by atoms with van der Waals surface area (Å²) in [6, 6.07) is 7.70. The van der Waals surface area contributed by atoms with Crippen molar-refractivity contribution in [3.63, 3.8) is 0 Å². The van der Waals surface area contributed by atoms with Gasteiger partial charge in [0.1, 0.15) is 5.60 Å². The zero-order valence-electron chi connectivity index (χ0n) is 10.4. The minimum Gasteiger partial charge on any atom is -0.457 e. The normalized spacial score (nSPS) is 11.8. The molecule has 0 unspecified atom stereocenters. The number of alkyl halides is 1. The number of hydrogen-bond donors (Lipinski definition) is 0. The Morgan fingerprint density at radius 3 is 2.71 bits per heavy atom. The van der Waals surface area contributed by atoms with Crippen molar-refractivity contribution in [3.8, 4) is 0 Å². The Hall–Kier alpha value is -1.28. The third-order valence-corrected chi connectivity index (χ3v) is 2.23. The molecule has 1 aromatic carbocycles. The van der Waals surface area contributed by atoms with Crippen molar-refractivity contribution in [1.29, 1.82) is 0 Å². The van der Waals surface area contributed by atoms with Crippen LogP contribution in [0.25, 0.3) is 6.08 Å². The number of halogens is 1. The molecule has 17 heavy (non-hydrogen) atoms. The number of ether oxygens (including phenoxy) is 1. The monoisotopic (exact) mass is 252 g/mol. The van der Waals surface area contributed by atoms with Gasteiger partial charge in [0.15, 0.2) is 0 Å². The highest BCUT2D eigenvalue weighted by atomic mass is 35.5. The van der Waals surface area contributed by atoms with E-state index in [1.54, 1.807) is 6.08 Å². The molecule has 1 aromatic rings. The number of esters is 1. The highest BCUT2D eigenvalue weighted by Crippen LogP contribution is 2.11. The van der Waals surface area contributed by atoms with Gasteiger partial charge in [-0.2, -0.15) is 0 Å². The summed E-state index contributed by atoms with van der Waals surface area (Å²) >= 11 is 5.73. The van der Waals surface area contributed by atoms with Crippen LogP contribution in [0.1, 0.15) is 31.9 Å². The van der Waals surface area contributed by atoms with Crippen molar-refractivity contribution in [2.45, 2.75) is 32.3 Å². The third-order valence-electron chi connectivity index (χ3n) is 1.92. The second-order valence-electron chi connectivity index (χ2n) is 4.75. The van der Waals surface area contributed by atoms with Crippen LogP contribution >= 0.6 is 11.6 Å². The van der Waals surface area contributed by atoms with Gasteiger partial charge in [0, 0.05) is 12.0 Å². The molecule has 0 heterocycles. The predicted molar refractivity (Wildman–Crippen MR) is 70.9 cm³/mol. The minimum absolute atomic E-state index is 0.339. The maximum atomic E-state index is 11.5. The molecular formula is C14H17ClO2. The van der Waals surface area contributed by atoms with Crippen LogP contribution in [-0.2, 0) is 15.4 Å². The average Bonchev–Trinajstić information content (AvgIpc) is 2.24. The van der Waals surface area contributed by atoms with Crippen LogP contribution < -0.4 is 0 Å². The molecule has 0 bridgehead atoms. The van der Waals surface area contributed by atoms with Crippen LogP contribution in [0, 0.1) is 0 Å². The van der Waals surface area contributed by atoms with Crippen molar-refractivity contribution >= 4 is 23.6 Å². The smallest absolute Gasteiger partial charge is 0.331 e. The maximum absolute atomic E-state index is 11.5. The Bertz CT molecular complexity index is 416. The van der Waals surface area contributed by atoms with Crippen molar-refractivity contribution in [2.75, 3.05) is 0 Å². The van der Waals surface area contributed by atoms with Gasteiger partial charge in [-0.15, -0.1) is 11.6 Å². The molecule has 1 rings (SSSR count). The molecular weight excluding hydrogens is 236 g/mol. The zero-order chi connectivity index (χ0) is 12.9. The lowest BCUT2D eigenvalue weighted by Gasteiger charge is -2.17. The first kappa shape index (κ1) is 13.8. The second-order valence-corrected chi connectivity index (χ2v) is 5.01. The van der Waals surface area contributed by atoms with Crippen LogP contribution in [0.5, 0.6) is 0 Å².